The van der Waals surface area contributed by atoms with Crippen LogP contribution in [0.2, 0.25) is 0 Å². The molecule has 1 atom stereocenters. The second-order valence-corrected chi connectivity index (χ2v) is 5.74. The Hall–Kier alpha value is -1.27. The van der Waals surface area contributed by atoms with Gasteiger partial charge < -0.3 is 5.11 Å². The molecular weight excluding hydrogens is 342 g/mol. The van der Waals surface area contributed by atoms with Crippen molar-refractivity contribution in [2.45, 2.75) is 32.3 Å². The summed E-state index contributed by atoms with van der Waals surface area (Å²) in [7, 11) is 1.79. The molecule has 0 saturated heterocycles. The van der Waals surface area contributed by atoms with Gasteiger partial charge in [-0.1, -0.05) is 13.0 Å². The van der Waals surface area contributed by atoms with E-state index in [0.29, 0.717) is 0 Å². The predicted molar refractivity (Wildman–Crippen MR) is 80.1 cm³/mol. The zero-order chi connectivity index (χ0) is 15.6. The first-order chi connectivity index (χ1) is 9.93. The van der Waals surface area contributed by atoms with E-state index < -0.39 is 17.7 Å². The minimum Gasteiger partial charge on any atom is -0.392 e. The molecule has 0 saturated carbocycles. The second kappa shape index (κ2) is 6.66. The van der Waals surface area contributed by atoms with E-state index in [9.17, 15) is 13.9 Å². The quantitative estimate of drug-likeness (QED) is 0.891. The Morgan fingerprint density at radius 2 is 1.90 bits per heavy atom. The number of hydrogen-bond acceptors (Lipinski definition) is 2. The van der Waals surface area contributed by atoms with Gasteiger partial charge in [0.2, 0.25) is 0 Å². The summed E-state index contributed by atoms with van der Waals surface area (Å²) < 4.78 is 29.7. The Morgan fingerprint density at radius 1 is 1.29 bits per heavy atom. The van der Waals surface area contributed by atoms with Gasteiger partial charge >= 0.3 is 0 Å². The summed E-state index contributed by atoms with van der Waals surface area (Å²) in [5.74, 6) is -1.26. The van der Waals surface area contributed by atoms with Crippen LogP contribution in [-0.4, -0.2) is 21.0 Å². The molecule has 0 fully saturated rings. The van der Waals surface area contributed by atoms with E-state index in [4.69, 9.17) is 0 Å². The normalized spacial score (nSPS) is 12.7. The van der Waals surface area contributed by atoms with Gasteiger partial charge in [0.15, 0.2) is 0 Å². The number of benzene rings is 1. The molecule has 1 N–H and O–H groups in total. The first-order valence-electron chi connectivity index (χ1n) is 6.75. The van der Waals surface area contributed by atoms with Crippen molar-refractivity contribution in [2.24, 2.45) is 7.05 Å². The fourth-order valence-corrected chi connectivity index (χ4v) is 3.08. The second-order valence-electron chi connectivity index (χ2n) is 4.95. The summed E-state index contributed by atoms with van der Waals surface area (Å²) in [6.45, 7) is 1.99. The lowest BCUT2D eigenvalue weighted by atomic mass is 10.0. The van der Waals surface area contributed by atoms with Gasteiger partial charge in [0.25, 0.3) is 0 Å². The van der Waals surface area contributed by atoms with Crippen molar-refractivity contribution in [3.63, 3.8) is 0 Å². The number of nitrogens with zero attached hydrogens (tertiary/aromatic N) is 2. The van der Waals surface area contributed by atoms with E-state index in [1.807, 2.05) is 6.92 Å². The summed E-state index contributed by atoms with van der Waals surface area (Å²) in [5, 5.41) is 14.5. The Balaban J connectivity index is 2.16. The number of rotatable bonds is 5. The van der Waals surface area contributed by atoms with Gasteiger partial charge in [-0.05, 0) is 34.5 Å². The lowest BCUT2D eigenvalue weighted by molar-refractivity contribution is 0.170. The van der Waals surface area contributed by atoms with Crippen molar-refractivity contribution in [3.05, 3.63) is 51.3 Å². The van der Waals surface area contributed by atoms with Crippen molar-refractivity contribution in [1.82, 2.24) is 9.78 Å². The van der Waals surface area contributed by atoms with Crippen molar-refractivity contribution in [2.75, 3.05) is 0 Å². The van der Waals surface area contributed by atoms with Crippen LogP contribution >= 0.6 is 15.9 Å². The Bertz CT molecular complexity index is 623. The molecule has 2 rings (SSSR count). The number of halogens is 3. The van der Waals surface area contributed by atoms with E-state index in [1.54, 1.807) is 11.7 Å². The van der Waals surface area contributed by atoms with Crippen LogP contribution in [0.3, 0.4) is 0 Å². The molecule has 21 heavy (non-hydrogen) atoms. The molecule has 1 heterocycles. The Morgan fingerprint density at radius 3 is 2.43 bits per heavy atom. The van der Waals surface area contributed by atoms with Gasteiger partial charge in [-0.15, -0.1) is 0 Å². The molecule has 3 nitrogen and oxygen atoms in total. The molecule has 1 unspecified atom stereocenters. The number of aromatic nitrogens is 2. The van der Waals surface area contributed by atoms with E-state index in [1.165, 1.54) is 18.2 Å². The van der Waals surface area contributed by atoms with Crippen molar-refractivity contribution < 1.29 is 13.9 Å². The molecule has 2 aromatic rings. The fraction of sp³-hybridized carbons (Fsp3) is 0.400. The zero-order valence-corrected chi connectivity index (χ0v) is 13.5. The van der Waals surface area contributed by atoms with Crippen LogP contribution in [0.5, 0.6) is 0 Å². The van der Waals surface area contributed by atoms with Crippen LogP contribution in [0.1, 0.15) is 23.9 Å². The number of aliphatic hydroxyl groups is 1. The third-order valence-corrected chi connectivity index (χ3v) is 4.35. The molecule has 1 aromatic heterocycles. The SMILES string of the molecule is CCc1nn(C)c(CC(O)Cc2c(F)cccc2F)c1Br. The maximum Gasteiger partial charge on any atom is 0.129 e. The molecule has 6 heteroatoms. The number of aliphatic hydroxyl groups excluding tert-OH is 1. The van der Waals surface area contributed by atoms with Gasteiger partial charge in [-0.25, -0.2) is 8.78 Å². The summed E-state index contributed by atoms with van der Waals surface area (Å²) in [4.78, 5) is 0. The Labute approximate surface area is 130 Å². The average Bonchev–Trinajstić information content (AvgIpc) is 2.70. The summed E-state index contributed by atoms with van der Waals surface area (Å²) in [6, 6.07) is 3.70. The third kappa shape index (κ3) is 3.49. The highest BCUT2D eigenvalue weighted by Gasteiger charge is 2.19. The summed E-state index contributed by atoms with van der Waals surface area (Å²) in [5.41, 5.74) is 1.63. The van der Waals surface area contributed by atoms with E-state index in [2.05, 4.69) is 21.0 Å². The van der Waals surface area contributed by atoms with Crippen LogP contribution in [0, 0.1) is 11.6 Å². The minimum absolute atomic E-state index is 0.0718. The van der Waals surface area contributed by atoms with Crippen LogP contribution in [0.15, 0.2) is 22.7 Å². The van der Waals surface area contributed by atoms with Gasteiger partial charge in [0.05, 0.1) is 22.0 Å². The minimum atomic E-state index is -0.882. The lowest BCUT2D eigenvalue weighted by Gasteiger charge is -2.12. The third-order valence-electron chi connectivity index (χ3n) is 3.43. The summed E-state index contributed by atoms with van der Waals surface area (Å²) in [6.07, 6.45) is 0.0924. The monoisotopic (exact) mass is 358 g/mol. The molecular formula is C15H17BrF2N2O. The molecule has 0 aliphatic carbocycles. The molecule has 0 spiro atoms. The summed E-state index contributed by atoms with van der Waals surface area (Å²) >= 11 is 3.46. The molecule has 1 aromatic carbocycles. The highest BCUT2D eigenvalue weighted by Crippen LogP contribution is 2.24. The number of aryl methyl sites for hydroxylation is 2. The molecule has 114 valence electrons. The van der Waals surface area contributed by atoms with E-state index >= 15 is 0 Å². The standard InChI is InChI=1S/C15H17BrF2N2O/c1-3-13-15(16)14(20(2)19-13)8-9(21)7-10-11(17)5-4-6-12(10)18/h4-6,9,21H,3,7-8H2,1-2H3. The number of hydrogen-bond donors (Lipinski definition) is 1. The lowest BCUT2D eigenvalue weighted by Crippen LogP contribution is -2.18. The fourth-order valence-electron chi connectivity index (χ4n) is 2.30. The van der Waals surface area contributed by atoms with Gasteiger partial charge in [0, 0.05) is 25.5 Å². The molecule has 0 amide bonds. The average molecular weight is 359 g/mol. The molecule has 0 bridgehead atoms. The van der Waals surface area contributed by atoms with Gasteiger partial charge in [0.1, 0.15) is 11.6 Å². The van der Waals surface area contributed by atoms with Crippen molar-refractivity contribution in [1.29, 1.82) is 0 Å². The largest absolute Gasteiger partial charge is 0.392 e. The van der Waals surface area contributed by atoms with E-state index in [-0.39, 0.29) is 18.4 Å². The Kier molecular flexibility index (Phi) is 5.11. The zero-order valence-electron chi connectivity index (χ0n) is 11.9. The smallest absolute Gasteiger partial charge is 0.129 e. The maximum absolute atomic E-state index is 13.6. The van der Waals surface area contributed by atoms with Gasteiger partial charge in [-0.2, -0.15) is 5.10 Å². The van der Waals surface area contributed by atoms with Crippen LogP contribution < -0.4 is 0 Å². The molecule has 0 aliphatic rings. The topological polar surface area (TPSA) is 38.0 Å². The first kappa shape index (κ1) is 16.1. The van der Waals surface area contributed by atoms with Gasteiger partial charge in [-0.3, -0.25) is 4.68 Å². The predicted octanol–water partition coefficient (Wildman–Crippen LogP) is 3.17. The highest BCUT2D eigenvalue weighted by molar-refractivity contribution is 9.10. The highest BCUT2D eigenvalue weighted by atomic mass is 79.9. The maximum atomic E-state index is 13.6. The van der Waals surface area contributed by atoms with E-state index in [0.717, 1.165) is 22.3 Å². The van der Waals surface area contributed by atoms with Crippen LogP contribution in [0.25, 0.3) is 0 Å². The van der Waals surface area contributed by atoms with Crippen molar-refractivity contribution in [3.8, 4) is 0 Å². The molecule has 0 radical (unpaired) electrons. The van der Waals surface area contributed by atoms with Crippen LogP contribution in [-0.2, 0) is 26.3 Å². The molecule has 0 aliphatic heterocycles. The first-order valence-corrected chi connectivity index (χ1v) is 7.54. The van der Waals surface area contributed by atoms with Crippen LogP contribution in [0.4, 0.5) is 8.78 Å². The van der Waals surface area contributed by atoms with Crippen molar-refractivity contribution >= 4 is 15.9 Å².